The zero-order valence-electron chi connectivity index (χ0n) is 14.2. The lowest BCUT2D eigenvalue weighted by molar-refractivity contribution is -0.137. The zero-order valence-corrected chi connectivity index (χ0v) is 14.9. The average molecular weight is 413 g/mol. The highest BCUT2D eigenvalue weighted by molar-refractivity contribution is 6.32. The van der Waals surface area contributed by atoms with Gasteiger partial charge in [-0.15, -0.1) is 0 Å². The minimum Gasteiger partial charge on any atom is -0.382 e. The maximum atomic E-state index is 12.9. The lowest BCUT2D eigenvalue weighted by Crippen LogP contribution is -2.24. The molecule has 0 aliphatic carbocycles. The van der Waals surface area contributed by atoms with Gasteiger partial charge < -0.3 is 5.32 Å². The Kier molecular flexibility index (Phi) is 5.64. The van der Waals surface area contributed by atoms with Crippen molar-refractivity contribution < 1.29 is 17.6 Å². The second-order valence-corrected chi connectivity index (χ2v) is 6.17. The Hall–Kier alpha value is -2.94. The van der Waals surface area contributed by atoms with Crippen LogP contribution in [0, 0.1) is 5.82 Å². The number of hydrogen-bond donors (Lipinski definition) is 1. The lowest BCUT2D eigenvalue weighted by Gasteiger charge is -2.11. The maximum Gasteiger partial charge on any atom is 0.417 e. The van der Waals surface area contributed by atoms with Crippen LogP contribution in [-0.2, 0) is 12.6 Å². The first-order valence-electron chi connectivity index (χ1n) is 8.05. The fourth-order valence-corrected chi connectivity index (χ4v) is 2.59. The summed E-state index contributed by atoms with van der Waals surface area (Å²) in [4.78, 5) is 16.0. The van der Waals surface area contributed by atoms with E-state index in [9.17, 15) is 22.4 Å². The van der Waals surface area contributed by atoms with Gasteiger partial charge in [-0.25, -0.2) is 9.37 Å². The molecular formula is C18H13ClF4N4O. The molecule has 0 aliphatic heterocycles. The van der Waals surface area contributed by atoms with E-state index >= 15 is 0 Å². The number of alkyl halides is 3. The van der Waals surface area contributed by atoms with Gasteiger partial charge in [0.1, 0.15) is 10.8 Å². The summed E-state index contributed by atoms with van der Waals surface area (Å²) in [6, 6.07) is 7.83. The summed E-state index contributed by atoms with van der Waals surface area (Å²) in [7, 11) is 0. The summed E-state index contributed by atoms with van der Waals surface area (Å²) in [5, 5.41) is 6.69. The van der Waals surface area contributed by atoms with Crippen LogP contribution in [0.1, 0.15) is 11.1 Å². The topological polar surface area (TPSA) is 59.8 Å². The maximum absolute atomic E-state index is 12.9. The van der Waals surface area contributed by atoms with Crippen molar-refractivity contribution in [2.45, 2.75) is 12.6 Å². The molecular weight excluding hydrogens is 400 g/mol. The quantitative estimate of drug-likeness (QED) is 0.641. The molecule has 0 fully saturated rings. The molecule has 146 valence electrons. The first-order chi connectivity index (χ1) is 13.3. The fraction of sp³-hybridized carbons (Fsp3) is 0.167. The highest BCUT2D eigenvalue weighted by Crippen LogP contribution is 2.28. The number of rotatable bonds is 5. The molecule has 0 aliphatic rings. The number of nitrogens with one attached hydrogen (secondary N) is 1. The molecule has 0 amide bonds. The minimum atomic E-state index is -4.53. The first kappa shape index (κ1) is 19.8. The molecule has 0 saturated carbocycles. The minimum absolute atomic E-state index is 0.0854. The van der Waals surface area contributed by atoms with Crippen LogP contribution in [0.5, 0.6) is 0 Å². The number of halogens is 5. The van der Waals surface area contributed by atoms with Crippen molar-refractivity contribution in [2.75, 3.05) is 11.9 Å². The number of anilines is 1. The molecule has 5 nitrogen and oxygen atoms in total. The van der Waals surface area contributed by atoms with E-state index in [4.69, 9.17) is 11.6 Å². The molecule has 0 unspecified atom stereocenters. The Balaban J connectivity index is 1.73. The SMILES string of the molecule is O=c1c(Cl)c(NCCc2ccc(F)cc2)cnn1-c1ccc(C(F)(F)F)cn1. The van der Waals surface area contributed by atoms with Crippen molar-refractivity contribution in [2.24, 2.45) is 0 Å². The van der Waals surface area contributed by atoms with Gasteiger partial charge in [-0.3, -0.25) is 4.79 Å². The molecule has 0 bridgehead atoms. The summed E-state index contributed by atoms with van der Waals surface area (Å²) < 4.78 is 51.5. The van der Waals surface area contributed by atoms with Crippen LogP contribution >= 0.6 is 11.6 Å². The van der Waals surface area contributed by atoms with Gasteiger partial charge in [0, 0.05) is 12.7 Å². The van der Waals surface area contributed by atoms with Gasteiger partial charge in [0.15, 0.2) is 5.82 Å². The fourth-order valence-electron chi connectivity index (χ4n) is 2.39. The molecule has 0 saturated heterocycles. The largest absolute Gasteiger partial charge is 0.417 e. The van der Waals surface area contributed by atoms with Gasteiger partial charge in [0.25, 0.3) is 5.56 Å². The van der Waals surface area contributed by atoms with Crippen LogP contribution in [0.4, 0.5) is 23.2 Å². The number of aromatic nitrogens is 3. The van der Waals surface area contributed by atoms with E-state index in [1.807, 2.05) is 0 Å². The molecule has 0 radical (unpaired) electrons. The van der Waals surface area contributed by atoms with Crippen molar-refractivity contribution in [1.82, 2.24) is 14.8 Å². The highest BCUT2D eigenvalue weighted by Gasteiger charge is 2.30. The van der Waals surface area contributed by atoms with Crippen LogP contribution in [0.2, 0.25) is 5.02 Å². The predicted molar refractivity (Wildman–Crippen MR) is 96.2 cm³/mol. The standard InChI is InChI=1S/C18H13ClF4N4O/c19-16-14(24-8-7-11-1-4-13(20)5-2-11)10-26-27(17(16)28)15-6-3-12(9-25-15)18(21,22)23/h1-6,9-10,24H,7-8H2. The summed E-state index contributed by atoms with van der Waals surface area (Å²) >= 11 is 6.06. The van der Waals surface area contributed by atoms with E-state index in [-0.39, 0.29) is 22.3 Å². The molecule has 2 heterocycles. The third-order valence-corrected chi connectivity index (χ3v) is 4.22. The van der Waals surface area contributed by atoms with Crippen molar-refractivity contribution >= 4 is 17.3 Å². The van der Waals surface area contributed by atoms with Gasteiger partial charge in [-0.2, -0.15) is 23.0 Å². The normalized spacial score (nSPS) is 11.5. The lowest BCUT2D eigenvalue weighted by atomic mass is 10.1. The molecule has 10 heteroatoms. The van der Waals surface area contributed by atoms with Crippen LogP contribution < -0.4 is 10.9 Å². The van der Waals surface area contributed by atoms with Gasteiger partial charge in [-0.05, 0) is 36.2 Å². The highest BCUT2D eigenvalue weighted by atomic mass is 35.5. The van der Waals surface area contributed by atoms with Crippen molar-refractivity contribution in [3.63, 3.8) is 0 Å². The van der Waals surface area contributed by atoms with E-state index in [2.05, 4.69) is 15.4 Å². The van der Waals surface area contributed by atoms with E-state index < -0.39 is 17.3 Å². The van der Waals surface area contributed by atoms with Crippen LogP contribution in [0.3, 0.4) is 0 Å². The molecule has 28 heavy (non-hydrogen) atoms. The second-order valence-electron chi connectivity index (χ2n) is 5.80. The van der Waals surface area contributed by atoms with Gasteiger partial charge in [-0.1, -0.05) is 23.7 Å². The number of benzene rings is 1. The van der Waals surface area contributed by atoms with E-state index in [1.54, 1.807) is 12.1 Å². The summed E-state index contributed by atoms with van der Waals surface area (Å²) in [6.07, 6.45) is -2.07. The number of nitrogens with zero attached hydrogens (tertiary/aromatic N) is 3. The smallest absolute Gasteiger partial charge is 0.382 e. The molecule has 1 aromatic carbocycles. The Morgan fingerprint density at radius 3 is 2.39 bits per heavy atom. The van der Waals surface area contributed by atoms with Gasteiger partial charge >= 0.3 is 6.18 Å². The van der Waals surface area contributed by atoms with Crippen LogP contribution in [0.15, 0.2) is 53.6 Å². The van der Waals surface area contributed by atoms with Crippen LogP contribution in [-0.4, -0.2) is 21.3 Å². The van der Waals surface area contributed by atoms with E-state index in [1.165, 1.54) is 18.3 Å². The Bertz CT molecular complexity index is 1020. The molecule has 0 spiro atoms. The molecule has 1 N–H and O–H groups in total. The third-order valence-electron chi connectivity index (χ3n) is 3.85. The average Bonchev–Trinajstić information content (AvgIpc) is 2.66. The van der Waals surface area contributed by atoms with E-state index in [0.29, 0.717) is 19.2 Å². The summed E-state index contributed by atoms with van der Waals surface area (Å²) in [5.41, 5.74) is -0.493. The Labute approximate surface area is 161 Å². The van der Waals surface area contributed by atoms with Crippen molar-refractivity contribution in [3.05, 3.63) is 81.1 Å². The van der Waals surface area contributed by atoms with Crippen LogP contribution in [0.25, 0.3) is 5.82 Å². The number of pyridine rings is 1. The monoisotopic (exact) mass is 412 g/mol. The first-order valence-corrected chi connectivity index (χ1v) is 8.43. The van der Waals surface area contributed by atoms with Crippen molar-refractivity contribution in [3.8, 4) is 5.82 Å². The van der Waals surface area contributed by atoms with E-state index in [0.717, 1.165) is 22.4 Å². The zero-order chi connectivity index (χ0) is 20.3. The molecule has 3 rings (SSSR count). The second kappa shape index (κ2) is 7.97. The molecule has 0 atom stereocenters. The predicted octanol–water partition coefficient (Wildman–Crippen LogP) is 4.09. The van der Waals surface area contributed by atoms with Gasteiger partial charge in [0.2, 0.25) is 0 Å². The summed E-state index contributed by atoms with van der Waals surface area (Å²) in [5.74, 6) is -0.415. The summed E-state index contributed by atoms with van der Waals surface area (Å²) in [6.45, 7) is 0.412. The number of hydrogen-bond acceptors (Lipinski definition) is 4. The molecule has 3 aromatic rings. The Morgan fingerprint density at radius 2 is 1.79 bits per heavy atom. The Morgan fingerprint density at radius 1 is 1.07 bits per heavy atom. The van der Waals surface area contributed by atoms with Gasteiger partial charge in [0.05, 0.1) is 17.4 Å². The third kappa shape index (κ3) is 4.48. The van der Waals surface area contributed by atoms with Crippen molar-refractivity contribution in [1.29, 1.82) is 0 Å². The molecule has 2 aromatic heterocycles.